The van der Waals surface area contributed by atoms with Crippen LogP contribution in [0.3, 0.4) is 0 Å². The van der Waals surface area contributed by atoms with E-state index in [0.29, 0.717) is 6.61 Å². The number of morpholine rings is 1. The molecule has 0 N–H and O–H groups in total. The minimum Gasteiger partial charge on any atom is -0.497 e. The number of hydrogen-bond donors (Lipinski definition) is 0. The van der Waals surface area contributed by atoms with E-state index in [-0.39, 0.29) is 11.8 Å². The van der Waals surface area contributed by atoms with Crippen molar-refractivity contribution in [3.63, 3.8) is 0 Å². The number of pyridine rings is 1. The van der Waals surface area contributed by atoms with E-state index in [4.69, 9.17) is 14.5 Å². The van der Waals surface area contributed by atoms with Crippen LogP contribution < -0.4 is 10.4 Å². The molecule has 1 fully saturated rings. The average molecular weight is 445 g/mol. The van der Waals surface area contributed by atoms with Gasteiger partial charge >= 0.3 is 5.69 Å². The van der Waals surface area contributed by atoms with Gasteiger partial charge in [-0.05, 0) is 41.5 Å². The third kappa shape index (κ3) is 4.17. The molecule has 0 spiro atoms. The first-order valence-corrected chi connectivity index (χ1v) is 11.1. The molecule has 1 saturated heterocycles. The van der Waals surface area contributed by atoms with Crippen molar-refractivity contribution in [3.05, 3.63) is 82.5 Å². The summed E-state index contributed by atoms with van der Waals surface area (Å²) in [6.07, 6.45) is 1.83. The molecule has 2 aromatic carbocycles. The number of methoxy groups -OCH3 is 1. The molecule has 1 aliphatic heterocycles. The quantitative estimate of drug-likeness (QED) is 0.471. The van der Waals surface area contributed by atoms with Crippen molar-refractivity contribution in [1.82, 2.24) is 19.0 Å². The highest BCUT2D eigenvalue weighted by molar-refractivity contribution is 5.76. The van der Waals surface area contributed by atoms with Crippen molar-refractivity contribution in [2.45, 2.75) is 12.6 Å². The van der Waals surface area contributed by atoms with Crippen LogP contribution in [0.4, 0.5) is 0 Å². The Morgan fingerprint density at radius 3 is 2.67 bits per heavy atom. The van der Waals surface area contributed by atoms with Crippen LogP contribution in [0.1, 0.15) is 17.4 Å². The van der Waals surface area contributed by atoms with Crippen LogP contribution in [0.15, 0.2) is 65.6 Å². The number of aromatic nitrogens is 3. The fourth-order valence-corrected chi connectivity index (χ4v) is 4.50. The predicted octanol–water partition coefficient (Wildman–Crippen LogP) is 3.52. The Bertz CT molecular complexity index is 1340. The van der Waals surface area contributed by atoms with Gasteiger partial charge in [0, 0.05) is 45.5 Å². The molecule has 5 rings (SSSR count). The van der Waals surface area contributed by atoms with Gasteiger partial charge in [0.15, 0.2) is 0 Å². The Morgan fingerprint density at radius 1 is 1.03 bits per heavy atom. The van der Waals surface area contributed by atoms with Crippen LogP contribution in [0.25, 0.3) is 22.2 Å². The lowest BCUT2D eigenvalue weighted by Crippen LogP contribution is -2.38. The maximum atomic E-state index is 12.2. The molecular formula is C26H28N4O3. The fourth-order valence-electron chi connectivity index (χ4n) is 4.50. The molecule has 3 heterocycles. The molecule has 170 valence electrons. The van der Waals surface area contributed by atoms with E-state index in [9.17, 15) is 4.79 Å². The monoisotopic (exact) mass is 444 g/mol. The maximum absolute atomic E-state index is 12.2. The maximum Gasteiger partial charge on any atom is 0.328 e. The van der Waals surface area contributed by atoms with Crippen LogP contribution >= 0.6 is 0 Å². The number of benzene rings is 2. The zero-order valence-corrected chi connectivity index (χ0v) is 19.2. The summed E-state index contributed by atoms with van der Waals surface area (Å²) in [6, 6.07) is 18.4. The van der Waals surface area contributed by atoms with E-state index in [1.807, 2.05) is 44.6 Å². The van der Waals surface area contributed by atoms with Crippen molar-refractivity contribution in [2.75, 3.05) is 26.8 Å². The number of ether oxygens (including phenoxy) is 2. The zero-order valence-electron chi connectivity index (χ0n) is 19.2. The van der Waals surface area contributed by atoms with Crippen molar-refractivity contribution >= 4 is 11.0 Å². The topological polar surface area (TPSA) is 61.5 Å². The molecule has 33 heavy (non-hydrogen) atoms. The smallest absolute Gasteiger partial charge is 0.328 e. The van der Waals surface area contributed by atoms with E-state index in [1.165, 1.54) is 5.56 Å². The first-order chi connectivity index (χ1) is 16.0. The minimum atomic E-state index is -0.0667. The Kier molecular flexibility index (Phi) is 5.74. The second-order valence-electron chi connectivity index (χ2n) is 8.52. The molecule has 1 atom stereocenters. The van der Waals surface area contributed by atoms with E-state index < -0.39 is 0 Å². The molecule has 0 saturated carbocycles. The van der Waals surface area contributed by atoms with Gasteiger partial charge < -0.3 is 9.47 Å². The molecule has 1 aliphatic rings. The van der Waals surface area contributed by atoms with E-state index in [0.717, 1.165) is 53.2 Å². The van der Waals surface area contributed by atoms with Crippen molar-refractivity contribution < 1.29 is 9.47 Å². The minimum absolute atomic E-state index is 0.00273. The number of aryl methyl sites for hydroxylation is 2. The van der Waals surface area contributed by atoms with Crippen LogP contribution in [0, 0.1) is 0 Å². The van der Waals surface area contributed by atoms with Crippen molar-refractivity contribution in [1.29, 1.82) is 0 Å². The third-order valence-electron chi connectivity index (χ3n) is 6.41. The summed E-state index contributed by atoms with van der Waals surface area (Å²) in [4.78, 5) is 19.3. The van der Waals surface area contributed by atoms with E-state index >= 15 is 0 Å². The summed E-state index contributed by atoms with van der Waals surface area (Å²) < 4.78 is 14.8. The lowest BCUT2D eigenvalue weighted by molar-refractivity contribution is -0.0349. The van der Waals surface area contributed by atoms with Gasteiger partial charge in [-0.15, -0.1) is 0 Å². The highest BCUT2D eigenvalue weighted by Crippen LogP contribution is 2.27. The SMILES string of the molecule is COc1cccc(-c2ccc([C@@H]3CN(Cc4ccc5c(c4)n(C)c(=O)n5C)CCO3)nc2)c1. The lowest BCUT2D eigenvalue weighted by Gasteiger charge is -2.32. The van der Waals surface area contributed by atoms with E-state index in [1.54, 1.807) is 16.2 Å². The van der Waals surface area contributed by atoms with Crippen molar-refractivity contribution in [3.8, 4) is 16.9 Å². The summed E-state index contributed by atoms with van der Waals surface area (Å²) in [7, 11) is 5.30. The standard InChI is InChI=1S/C26H28N4O3/c1-28-23-10-7-18(13-24(23)29(2)26(28)31)16-30-11-12-33-25(17-30)22-9-8-20(15-27-22)19-5-4-6-21(14-19)32-3/h4-10,13-15,25H,11-12,16-17H2,1-3H3/t25-/m0/s1. The molecule has 2 aromatic heterocycles. The normalized spacial score (nSPS) is 16.9. The number of hydrogen-bond acceptors (Lipinski definition) is 5. The van der Waals surface area contributed by atoms with Crippen LogP contribution in [-0.4, -0.2) is 45.8 Å². The molecule has 0 bridgehead atoms. The lowest BCUT2D eigenvalue weighted by atomic mass is 10.1. The molecule has 7 nitrogen and oxygen atoms in total. The second kappa shape index (κ2) is 8.84. The average Bonchev–Trinajstić information content (AvgIpc) is 3.08. The number of nitrogens with zero attached hydrogens (tertiary/aromatic N) is 4. The van der Waals surface area contributed by atoms with Crippen LogP contribution in [0.2, 0.25) is 0 Å². The summed E-state index contributed by atoms with van der Waals surface area (Å²) in [5, 5.41) is 0. The molecule has 4 aromatic rings. The highest BCUT2D eigenvalue weighted by atomic mass is 16.5. The molecule has 0 unspecified atom stereocenters. The third-order valence-corrected chi connectivity index (χ3v) is 6.41. The Morgan fingerprint density at radius 2 is 1.88 bits per heavy atom. The van der Waals surface area contributed by atoms with Crippen LogP contribution in [0.5, 0.6) is 5.75 Å². The van der Waals surface area contributed by atoms with E-state index in [2.05, 4.69) is 35.2 Å². The fraction of sp³-hybridized carbons (Fsp3) is 0.308. The summed E-state index contributed by atoms with van der Waals surface area (Å²) in [5.74, 6) is 0.830. The first-order valence-electron chi connectivity index (χ1n) is 11.1. The second-order valence-corrected chi connectivity index (χ2v) is 8.52. The van der Waals surface area contributed by atoms with Gasteiger partial charge in [-0.1, -0.05) is 24.3 Å². The van der Waals surface area contributed by atoms with Gasteiger partial charge in [-0.2, -0.15) is 0 Å². The summed E-state index contributed by atoms with van der Waals surface area (Å²) in [6.45, 7) is 3.11. The predicted molar refractivity (Wildman–Crippen MR) is 128 cm³/mol. The van der Waals surface area contributed by atoms with Gasteiger partial charge in [0.25, 0.3) is 0 Å². The number of fused-ring (bicyclic) bond motifs is 1. The van der Waals surface area contributed by atoms with Gasteiger partial charge in [0.2, 0.25) is 0 Å². The number of rotatable bonds is 5. The molecular weight excluding hydrogens is 416 g/mol. The van der Waals surface area contributed by atoms with Crippen LogP contribution in [-0.2, 0) is 25.4 Å². The highest BCUT2D eigenvalue weighted by Gasteiger charge is 2.23. The molecule has 7 heteroatoms. The summed E-state index contributed by atoms with van der Waals surface area (Å²) >= 11 is 0. The molecule has 0 amide bonds. The Labute approximate surface area is 192 Å². The largest absolute Gasteiger partial charge is 0.497 e. The van der Waals surface area contributed by atoms with Gasteiger partial charge in [0.1, 0.15) is 11.9 Å². The zero-order chi connectivity index (χ0) is 22.9. The summed E-state index contributed by atoms with van der Waals surface area (Å²) in [5.41, 5.74) is 6.15. The Balaban J connectivity index is 1.30. The first kappa shape index (κ1) is 21.4. The molecule has 0 radical (unpaired) electrons. The van der Waals surface area contributed by atoms with Gasteiger partial charge in [0.05, 0.1) is 30.4 Å². The Hall–Kier alpha value is -3.42. The molecule has 0 aliphatic carbocycles. The van der Waals surface area contributed by atoms with Gasteiger partial charge in [-0.25, -0.2) is 4.79 Å². The van der Waals surface area contributed by atoms with Gasteiger partial charge in [-0.3, -0.25) is 19.0 Å². The van der Waals surface area contributed by atoms with Crippen molar-refractivity contribution in [2.24, 2.45) is 14.1 Å². The number of imidazole rings is 1.